The van der Waals surface area contributed by atoms with Gasteiger partial charge in [-0.2, -0.15) is 13.2 Å². The first-order valence-electron chi connectivity index (χ1n) is 11.9. The van der Waals surface area contributed by atoms with E-state index in [1.165, 1.54) is 37.5 Å². The first-order chi connectivity index (χ1) is 18.6. The number of pyridine rings is 1. The van der Waals surface area contributed by atoms with Gasteiger partial charge in [-0.25, -0.2) is 4.79 Å². The Bertz CT molecular complexity index is 1330. The Morgan fingerprint density at radius 2 is 1.74 bits per heavy atom. The van der Waals surface area contributed by atoms with E-state index in [-0.39, 0.29) is 16.6 Å². The third kappa shape index (κ3) is 7.30. The van der Waals surface area contributed by atoms with E-state index in [0.717, 1.165) is 6.07 Å². The second kappa shape index (κ2) is 12.2. The van der Waals surface area contributed by atoms with Crippen LogP contribution in [0.25, 0.3) is 0 Å². The maximum Gasteiger partial charge on any atom is 0.422 e. The number of nitrogens with one attached hydrogen (secondary N) is 4. The molecular formula is C26H25ClF3N5O4. The third-order valence-corrected chi connectivity index (χ3v) is 6.05. The third-order valence-electron chi connectivity index (χ3n) is 5.75. The molecule has 39 heavy (non-hydrogen) atoms. The minimum atomic E-state index is -4.83. The maximum absolute atomic E-state index is 14.1. The Hall–Kier alpha value is -4.03. The van der Waals surface area contributed by atoms with Gasteiger partial charge in [-0.3, -0.25) is 9.78 Å². The second-order valence-electron chi connectivity index (χ2n) is 8.53. The van der Waals surface area contributed by atoms with E-state index in [0.29, 0.717) is 43.1 Å². The molecule has 4 rings (SSSR count). The molecule has 1 aromatic heterocycles. The molecule has 2 heterocycles. The molecule has 3 aromatic rings. The van der Waals surface area contributed by atoms with Crippen LogP contribution >= 0.6 is 11.6 Å². The van der Waals surface area contributed by atoms with Gasteiger partial charge in [-0.05, 0) is 68.4 Å². The number of nitrogens with zero attached hydrogens (tertiary/aromatic N) is 1. The Balaban J connectivity index is 1.45. The summed E-state index contributed by atoms with van der Waals surface area (Å²) in [7, 11) is 1.48. The minimum Gasteiger partial charge on any atom is -0.488 e. The van der Waals surface area contributed by atoms with Gasteiger partial charge in [0.25, 0.3) is 5.91 Å². The van der Waals surface area contributed by atoms with Crippen molar-refractivity contribution in [3.8, 4) is 17.2 Å². The number of hydrogen-bond donors (Lipinski definition) is 4. The first kappa shape index (κ1) is 28.0. The summed E-state index contributed by atoms with van der Waals surface area (Å²) in [6.07, 6.45) is -2.78. The Labute approximate surface area is 227 Å². The van der Waals surface area contributed by atoms with Gasteiger partial charge in [0.1, 0.15) is 28.9 Å². The van der Waals surface area contributed by atoms with Gasteiger partial charge in [0.05, 0.1) is 10.7 Å². The van der Waals surface area contributed by atoms with Crippen LogP contribution in [-0.2, 0) is 6.18 Å². The Kier molecular flexibility index (Phi) is 8.77. The summed E-state index contributed by atoms with van der Waals surface area (Å²) in [5.74, 6) is -0.116. The van der Waals surface area contributed by atoms with E-state index in [9.17, 15) is 22.8 Å². The van der Waals surface area contributed by atoms with E-state index < -0.39 is 35.3 Å². The molecule has 0 atom stereocenters. The van der Waals surface area contributed by atoms with E-state index in [2.05, 4.69) is 26.3 Å². The lowest BCUT2D eigenvalue weighted by atomic mass is 10.1. The number of anilines is 2. The lowest BCUT2D eigenvalue weighted by molar-refractivity contribution is -0.138. The molecule has 1 aliphatic heterocycles. The van der Waals surface area contributed by atoms with Crippen molar-refractivity contribution >= 4 is 34.9 Å². The monoisotopic (exact) mass is 563 g/mol. The van der Waals surface area contributed by atoms with Crippen LogP contribution in [0.1, 0.15) is 28.9 Å². The molecule has 9 nitrogen and oxygen atoms in total. The number of aromatic nitrogens is 1. The lowest BCUT2D eigenvalue weighted by Gasteiger charge is -2.27. The topological polar surface area (TPSA) is 114 Å². The summed E-state index contributed by atoms with van der Waals surface area (Å²) in [5.41, 5.74) is -1.16. The summed E-state index contributed by atoms with van der Waals surface area (Å²) in [5, 5.41) is 10.1. The van der Waals surface area contributed by atoms with Crippen molar-refractivity contribution in [2.24, 2.45) is 0 Å². The van der Waals surface area contributed by atoms with Gasteiger partial charge in [-0.15, -0.1) is 0 Å². The fourth-order valence-electron chi connectivity index (χ4n) is 3.89. The van der Waals surface area contributed by atoms with Crippen molar-refractivity contribution in [1.82, 2.24) is 15.6 Å². The molecule has 0 spiro atoms. The maximum atomic E-state index is 14.1. The predicted molar refractivity (Wildman–Crippen MR) is 140 cm³/mol. The van der Waals surface area contributed by atoms with Crippen LogP contribution in [0.15, 0.2) is 54.7 Å². The highest BCUT2D eigenvalue weighted by atomic mass is 35.5. The molecule has 13 heteroatoms. The van der Waals surface area contributed by atoms with Gasteiger partial charge >= 0.3 is 12.2 Å². The van der Waals surface area contributed by atoms with Crippen molar-refractivity contribution in [2.75, 3.05) is 30.8 Å². The van der Waals surface area contributed by atoms with Gasteiger partial charge < -0.3 is 30.7 Å². The number of urea groups is 1. The largest absolute Gasteiger partial charge is 0.488 e. The number of amides is 3. The normalized spacial score (nSPS) is 13.9. The predicted octanol–water partition coefficient (Wildman–Crippen LogP) is 5.68. The zero-order valence-electron chi connectivity index (χ0n) is 20.7. The molecular weight excluding hydrogens is 539 g/mol. The van der Waals surface area contributed by atoms with Crippen LogP contribution in [0.2, 0.25) is 5.02 Å². The molecule has 1 aliphatic rings. The number of benzene rings is 2. The fourth-order valence-corrected chi connectivity index (χ4v) is 4.09. The Morgan fingerprint density at radius 3 is 2.41 bits per heavy atom. The average Bonchev–Trinajstić information content (AvgIpc) is 2.91. The first-order valence-corrected chi connectivity index (χ1v) is 12.3. The molecule has 0 aliphatic carbocycles. The average molecular weight is 564 g/mol. The number of ether oxygens (including phenoxy) is 2. The van der Waals surface area contributed by atoms with Crippen LogP contribution in [0.3, 0.4) is 0 Å². The smallest absolute Gasteiger partial charge is 0.422 e. The molecule has 206 valence electrons. The number of carbonyl (C=O) groups is 2. The van der Waals surface area contributed by atoms with Crippen molar-refractivity contribution < 1.29 is 32.2 Å². The van der Waals surface area contributed by atoms with Crippen molar-refractivity contribution in [3.63, 3.8) is 0 Å². The van der Waals surface area contributed by atoms with Crippen LogP contribution in [0.4, 0.5) is 29.3 Å². The number of halogens is 4. The molecule has 2 aromatic carbocycles. The molecule has 0 radical (unpaired) electrons. The molecule has 0 saturated carbocycles. The highest BCUT2D eigenvalue weighted by Crippen LogP contribution is 2.45. The van der Waals surface area contributed by atoms with E-state index >= 15 is 0 Å². The van der Waals surface area contributed by atoms with Gasteiger partial charge in [0.15, 0.2) is 5.75 Å². The lowest BCUT2D eigenvalue weighted by Crippen LogP contribution is -2.34. The summed E-state index contributed by atoms with van der Waals surface area (Å²) >= 11 is 6.09. The number of hydrogen-bond acceptors (Lipinski definition) is 6. The van der Waals surface area contributed by atoms with Crippen LogP contribution in [-0.4, -0.2) is 43.2 Å². The van der Waals surface area contributed by atoms with Gasteiger partial charge in [0, 0.05) is 25.0 Å². The van der Waals surface area contributed by atoms with Crippen molar-refractivity contribution in [3.05, 3.63) is 71.0 Å². The number of rotatable bonds is 7. The summed E-state index contributed by atoms with van der Waals surface area (Å²) in [4.78, 5) is 28.3. The van der Waals surface area contributed by atoms with Crippen LogP contribution in [0, 0.1) is 0 Å². The van der Waals surface area contributed by atoms with E-state index in [1.54, 1.807) is 18.2 Å². The number of alkyl halides is 3. The van der Waals surface area contributed by atoms with E-state index in [1.807, 2.05) is 0 Å². The van der Waals surface area contributed by atoms with Crippen molar-refractivity contribution in [2.45, 2.75) is 25.1 Å². The minimum absolute atomic E-state index is 0.176. The molecule has 0 bridgehead atoms. The summed E-state index contributed by atoms with van der Waals surface area (Å²) in [6.45, 7) is 1.24. The standard InChI is InChI=1S/C26H25ClF3N5O4/c1-31-24(36)21-14-18(10-13-33-21)38-16-4-2-15(3-5-16)34-25(37)35-20-7-6-19(27)23(22(20)26(28,29)30)39-17-8-11-32-12-9-17/h2-7,10,13-14,17,32H,8-9,11-12H2,1H3,(H,31,36)(H2,34,35,37). The second-order valence-corrected chi connectivity index (χ2v) is 8.93. The molecule has 4 N–H and O–H groups in total. The molecule has 1 fully saturated rings. The SMILES string of the molecule is CNC(=O)c1cc(Oc2ccc(NC(=O)Nc3ccc(Cl)c(OC4CCNCC4)c3C(F)(F)F)cc2)ccn1. The highest BCUT2D eigenvalue weighted by molar-refractivity contribution is 6.32. The molecule has 0 unspecified atom stereocenters. The number of carbonyl (C=O) groups excluding carboxylic acids is 2. The summed E-state index contributed by atoms with van der Waals surface area (Å²) < 4.78 is 53.6. The number of piperidine rings is 1. The highest BCUT2D eigenvalue weighted by Gasteiger charge is 2.39. The molecule has 1 saturated heterocycles. The van der Waals surface area contributed by atoms with Crippen molar-refractivity contribution in [1.29, 1.82) is 0 Å². The summed E-state index contributed by atoms with van der Waals surface area (Å²) in [6, 6.07) is 10.6. The van der Waals surface area contributed by atoms with E-state index in [4.69, 9.17) is 21.1 Å². The Morgan fingerprint density at radius 1 is 1.03 bits per heavy atom. The van der Waals surface area contributed by atoms with Gasteiger partial charge in [-0.1, -0.05) is 11.6 Å². The zero-order chi connectivity index (χ0) is 28.0. The fraction of sp³-hybridized carbons (Fsp3) is 0.269. The quantitative estimate of drug-likeness (QED) is 0.294. The van der Waals surface area contributed by atoms with Gasteiger partial charge in [0.2, 0.25) is 0 Å². The molecule has 3 amide bonds. The van der Waals surface area contributed by atoms with Crippen LogP contribution in [0.5, 0.6) is 17.2 Å². The van der Waals surface area contributed by atoms with Crippen LogP contribution < -0.4 is 30.7 Å². The zero-order valence-corrected chi connectivity index (χ0v) is 21.4.